The largest absolute Gasteiger partial charge is 0.493 e. The Balaban J connectivity index is 1.59. The fourth-order valence-corrected chi connectivity index (χ4v) is 4.31. The molecular formula is C22H33N3O5. The number of methoxy groups -OCH3 is 3. The maximum Gasteiger partial charge on any atom is 0.239 e. The van der Waals surface area contributed by atoms with Crippen LogP contribution in [0.2, 0.25) is 0 Å². The molecule has 0 bridgehead atoms. The van der Waals surface area contributed by atoms with E-state index < -0.39 is 0 Å². The molecule has 2 heterocycles. The lowest BCUT2D eigenvalue weighted by molar-refractivity contribution is -0.137. The molecule has 3 rings (SSSR count). The highest BCUT2D eigenvalue weighted by Crippen LogP contribution is 2.39. The van der Waals surface area contributed by atoms with E-state index in [-0.39, 0.29) is 17.9 Å². The summed E-state index contributed by atoms with van der Waals surface area (Å²) in [5.74, 6) is 1.58. The van der Waals surface area contributed by atoms with Gasteiger partial charge in [-0.1, -0.05) is 6.42 Å². The first-order valence-electron chi connectivity index (χ1n) is 10.7. The van der Waals surface area contributed by atoms with E-state index in [9.17, 15) is 9.59 Å². The molecule has 1 aromatic carbocycles. The number of anilines is 1. The van der Waals surface area contributed by atoms with Gasteiger partial charge in [0.15, 0.2) is 11.5 Å². The summed E-state index contributed by atoms with van der Waals surface area (Å²) in [6.07, 6.45) is 5.52. The van der Waals surface area contributed by atoms with E-state index in [4.69, 9.17) is 14.2 Å². The molecule has 2 aliphatic rings. The molecule has 1 N–H and O–H groups in total. The summed E-state index contributed by atoms with van der Waals surface area (Å²) in [6.45, 7) is 3.16. The van der Waals surface area contributed by atoms with E-state index in [1.165, 1.54) is 21.3 Å². The highest BCUT2D eigenvalue weighted by atomic mass is 16.5. The minimum absolute atomic E-state index is 0.0918. The number of nitrogens with one attached hydrogen (secondary N) is 1. The van der Waals surface area contributed by atoms with Crippen LogP contribution < -0.4 is 19.5 Å². The van der Waals surface area contributed by atoms with Gasteiger partial charge in [-0.05, 0) is 32.2 Å². The normalized spacial score (nSPS) is 19.4. The number of carbonyl (C=O) groups is 2. The number of benzene rings is 1. The lowest BCUT2D eigenvalue weighted by atomic mass is 10.0. The van der Waals surface area contributed by atoms with Crippen LogP contribution >= 0.6 is 0 Å². The summed E-state index contributed by atoms with van der Waals surface area (Å²) in [5.41, 5.74) is 0.581. The van der Waals surface area contributed by atoms with E-state index in [1.807, 2.05) is 4.90 Å². The number of hydrogen-bond donors (Lipinski definition) is 1. The summed E-state index contributed by atoms with van der Waals surface area (Å²) in [5, 5.41) is 2.90. The summed E-state index contributed by atoms with van der Waals surface area (Å²) in [6, 6.07) is 3.32. The van der Waals surface area contributed by atoms with Crippen molar-refractivity contribution in [3.05, 3.63) is 12.1 Å². The number of piperidine rings is 1. The second-order valence-corrected chi connectivity index (χ2v) is 7.79. The van der Waals surface area contributed by atoms with E-state index in [2.05, 4.69) is 10.2 Å². The SMILES string of the molecule is COc1cc(NC(=O)CCN2CCCCC2C(=O)N2CCCC2)cc(OC)c1OC. The number of likely N-dealkylation sites (tertiary alicyclic amines) is 2. The number of rotatable bonds is 8. The first-order chi connectivity index (χ1) is 14.6. The maximum atomic E-state index is 12.9. The Hall–Kier alpha value is -2.48. The Bertz CT molecular complexity index is 723. The second-order valence-electron chi connectivity index (χ2n) is 7.79. The predicted molar refractivity (Wildman–Crippen MR) is 114 cm³/mol. The standard InChI is InChI=1S/C22H33N3O5/c1-28-18-14-16(15-19(29-2)21(18)30-3)23-20(26)9-13-24-10-5-4-8-17(24)22(27)25-11-6-7-12-25/h14-15,17H,4-13H2,1-3H3,(H,23,26). The zero-order chi connectivity index (χ0) is 21.5. The van der Waals surface area contributed by atoms with Gasteiger partial charge in [0.05, 0.1) is 27.4 Å². The molecule has 0 aliphatic carbocycles. The van der Waals surface area contributed by atoms with Crippen molar-refractivity contribution in [2.45, 2.75) is 44.6 Å². The van der Waals surface area contributed by atoms with Crippen LogP contribution in [0, 0.1) is 0 Å². The minimum Gasteiger partial charge on any atom is -0.493 e. The molecule has 166 valence electrons. The molecule has 2 amide bonds. The lowest BCUT2D eigenvalue weighted by Crippen LogP contribution is -2.50. The second kappa shape index (κ2) is 10.5. The first-order valence-corrected chi connectivity index (χ1v) is 10.7. The van der Waals surface area contributed by atoms with Gasteiger partial charge >= 0.3 is 0 Å². The van der Waals surface area contributed by atoms with Crippen molar-refractivity contribution in [3.8, 4) is 17.2 Å². The van der Waals surface area contributed by atoms with Gasteiger partial charge in [0.1, 0.15) is 0 Å². The molecule has 2 saturated heterocycles. The summed E-state index contributed by atoms with van der Waals surface area (Å²) in [7, 11) is 4.62. The predicted octanol–water partition coefficient (Wildman–Crippen LogP) is 2.52. The molecule has 2 fully saturated rings. The number of ether oxygens (including phenoxy) is 3. The van der Waals surface area contributed by atoms with Gasteiger partial charge in [0.25, 0.3) is 0 Å². The van der Waals surface area contributed by atoms with Crippen LogP contribution in [0.1, 0.15) is 38.5 Å². The lowest BCUT2D eigenvalue weighted by Gasteiger charge is -2.36. The molecule has 8 nitrogen and oxygen atoms in total. The molecule has 1 atom stereocenters. The highest BCUT2D eigenvalue weighted by molar-refractivity contribution is 5.91. The van der Waals surface area contributed by atoms with Gasteiger partial charge in [-0.25, -0.2) is 0 Å². The number of carbonyl (C=O) groups excluding carboxylic acids is 2. The van der Waals surface area contributed by atoms with Crippen molar-refractivity contribution >= 4 is 17.5 Å². The van der Waals surface area contributed by atoms with Crippen LogP contribution in [0.15, 0.2) is 12.1 Å². The van der Waals surface area contributed by atoms with E-state index in [0.29, 0.717) is 35.9 Å². The minimum atomic E-state index is -0.109. The molecule has 1 unspecified atom stereocenters. The van der Waals surface area contributed by atoms with Crippen molar-refractivity contribution in [3.63, 3.8) is 0 Å². The van der Waals surface area contributed by atoms with Crippen LogP contribution in [0.5, 0.6) is 17.2 Å². The fourth-order valence-electron chi connectivity index (χ4n) is 4.31. The number of hydrogen-bond acceptors (Lipinski definition) is 6. The zero-order valence-electron chi connectivity index (χ0n) is 18.2. The van der Waals surface area contributed by atoms with Gasteiger partial charge < -0.3 is 24.4 Å². The van der Waals surface area contributed by atoms with Crippen LogP contribution in [0.4, 0.5) is 5.69 Å². The average Bonchev–Trinajstić information content (AvgIpc) is 3.31. The third-order valence-electron chi connectivity index (χ3n) is 5.89. The Kier molecular flexibility index (Phi) is 7.79. The Morgan fingerprint density at radius 2 is 1.60 bits per heavy atom. The monoisotopic (exact) mass is 419 g/mol. The molecule has 1 aromatic rings. The Morgan fingerprint density at radius 1 is 0.967 bits per heavy atom. The molecule has 0 saturated carbocycles. The van der Waals surface area contributed by atoms with E-state index >= 15 is 0 Å². The third-order valence-corrected chi connectivity index (χ3v) is 5.89. The van der Waals surface area contributed by atoms with Crippen molar-refractivity contribution in [1.29, 1.82) is 0 Å². The van der Waals surface area contributed by atoms with Crippen molar-refractivity contribution in [2.75, 3.05) is 52.8 Å². The Labute approximate surface area is 178 Å². The zero-order valence-corrected chi connectivity index (χ0v) is 18.2. The van der Waals surface area contributed by atoms with Crippen LogP contribution in [0.3, 0.4) is 0 Å². The van der Waals surface area contributed by atoms with Gasteiger partial charge in [-0.15, -0.1) is 0 Å². The van der Waals surface area contributed by atoms with Crippen molar-refractivity contribution < 1.29 is 23.8 Å². The third kappa shape index (κ3) is 5.16. The number of amides is 2. The first kappa shape index (κ1) is 22.2. The highest BCUT2D eigenvalue weighted by Gasteiger charge is 2.32. The van der Waals surface area contributed by atoms with Crippen LogP contribution in [0.25, 0.3) is 0 Å². The van der Waals surface area contributed by atoms with Crippen molar-refractivity contribution in [2.24, 2.45) is 0 Å². The van der Waals surface area contributed by atoms with E-state index in [0.717, 1.165) is 51.7 Å². The Morgan fingerprint density at radius 3 is 2.20 bits per heavy atom. The fraction of sp³-hybridized carbons (Fsp3) is 0.636. The summed E-state index contributed by atoms with van der Waals surface area (Å²) >= 11 is 0. The molecule has 0 aromatic heterocycles. The smallest absolute Gasteiger partial charge is 0.239 e. The molecule has 8 heteroatoms. The summed E-state index contributed by atoms with van der Waals surface area (Å²) in [4.78, 5) is 29.7. The molecular weight excluding hydrogens is 386 g/mol. The van der Waals surface area contributed by atoms with Crippen LogP contribution in [-0.4, -0.2) is 75.2 Å². The molecule has 0 radical (unpaired) electrons. The molecule has 30 heavy (non-hydrogen) atoms. The number of nitrogens with zero attached hydrogens (tertiary/aromatic N) is 2. The van der Waals surface area contributed by atoms with Crippen molar-refractivity contribution in [1.82, 2.24) is 9.80 Å². The topological polar surface area (TPSA) is 80.3 Å². The van der Waals surface area contributed by atoms with E-state index in [1.54, 1.807) is 12.1 Å². The average molecular weight is 420 g/mol. The quantitative estimate of drug-likeness (QED) is 0.698. The maximum absolute atomic E-state index is 12.9. The van der Waals surface area contributed by atoms with Gasteiger partial charge in [0, 0.05) is 43.9 Å². The van der Waals surface area contributed by atoms with Gasteiger partial charge in [-0.2, -0.15) is 0 Å². The molecule has 0 spiro atoms. The van der Waals surface area contributed by atoms with Gasteiger partial charge in [0.2, 0.25) is 17.6 Å². The van der Waals surface area contributed by atoms with Crippen LogP contribution in [-0.2, 0) is 9.59 Å². The molecule has 2 aliphatic heterocycles. The van der Waals surface area contributed by atoms with Gasteiger partial charge in [-0.3, -0.25) is 14.5 Å². The summed E-state index contributed by atoms with van der Waals surface area (Å²) < 4.78 is 16.0.